The first-order valence-electron chi connectivity index (χ1n) is 7.98. The van der Waals surface area contributed by atoms with E-state index in [0.29, 0.717) is 18.2 Å². The van der Waals surface area contributed by atoms with E-state index in [1.165, 1.54) is 0 Å². The molecule has 0 spiro atoms. The first-order valence-corrected chi connectivity index (χ1v) is 7.98. The molecule has 1 heterocycles. The van der Waals surface area contributed by atoms with Crippen molar-refractivity contribution in [2.45, 2.75) is 45.8 Å². The zero-order valence-electron chi connectivity index (χ0n) is 13.1. The molecule has 0 saturated carbocycles. The van der Waals surface area contributed by atoms with Crippen LogP contribution in [-0.4, -0.2) is 30.8 Å². The predicted molar refractivity (Wildman–Crippen MR) is 85.0 cm³/mol. The van der Waals surface area contributed by atoms with Gasteiger partial charge in [-0.05, 0) is 49.4 Å². The van der Waals surface area contributed by atoms with E-state index in [-0.39, 0.29) is 11.9 Å². The van der Waals surface area contributed by atoms with E-state index in [1.54, 1.807) is 6.07 Å². The number of benzene rings is 1. The lowest BCUT2D eigenvalue weighted by molar-refractivity contribution is 0.145. The van der Waals surface area contributed by atoms with E-state index in [2.05, 4.69) is 19.2 Å². The molecule has 0 radical (unpaired) electrons. The van der Waals surface area contributed by atoms with Gasteiger partial charge in [0.15, 0.2) is 0 Å². The minimum atomic E-state index is -0.228. The highest BCUT2D eigenvalue weighted by Gasteiger charge is 2.19. The van der Waals surface area contributed by atoms with Gasteiger partial charge < -0.3 is 15.3 Å². The molecule has 0 bridgehead atoms. The number of hydrogen-bond donors (Lipinski definition) is 2. The van der Waals surface area contributed by atoms with Gasteiger partial charge in [0.2, 0.25) is 0 Å². The lowest BCUT2D eigenvalue weighted by Crippen LogP contribution is -2.36. The van der Waals surface area contributed by atoms with E-state index in [9.17, 15) is 9.50 Å². The van der Waals surface area contributed by atoms with E-state index in [1.807, 2.05) is 17.0 Å². The number of nitrogens with zero attached hydrogens (tertiary/aromatic N) is 1. The fourth-order valence-electron chi connectivity index (χ4n) is 2.65. The molecule has 0 atom stereocenters. The minimum Gasteiger partial charge on any atom is -0.393 e. The second-order valence-electron chi connectivity index (χ2n) is 6.36. The Hall–Kier alpha value is -1.13. The standard InChI is InChI=1S/C17H27FN2O/c1-13(2)5-8-19-12-14-3-4-17(16(18)11-14)20-9-6-15(21)7-10-20/h3-4,11,13,15,19,21H,5-10,12H2,1-2H3. The molecular weight excluding hydrogens is 267 g/mol. The van der Waals surface area contributed by atoms with Crippen LogP contribution in [-0.2, 0) is 6.54 Å². The summed E-state index contributed by atoms with van der Waals surface area (Å²) in [6, 6.07) is 5.49. The first kappa shape index (κ1) is 16.2. The lowest BCUT2D eigenvalue weighted by Gasteiger charge is -2.31. The van der Waals surface area contributed by atoms with Gasteiger partial charge in [-0.15, -0.1) is 0 Å². The van der Waals surface area contributed by atoms with E-state index in [4.69, 9.17) is 0 Å². The van der Waals surface area contributed by atoms with Crippen molar-refractivity contribution >= 4 is 5.69 Å². The number of piperidine rings is 1. The number of halogens is 1. The highest BCUT2D eigenvalue weighted by Crippen LogP contribution is 2.24. The molecule has 3 nitrogen and oxygen atoms in total. The summed E-state index contributed by atoms with van der Waals surface area (Å²) < 4.78 is 14.2. The molecule has 0 aliphatic carbocycles. The van der Waals surface area contributed by atoms with Gasteiger partial charge in [-0.2, -0.15) is 0 Å². The number of anilines is 1. The third-order valence-corrected chi connectivity index (χ3v) is 4.04. The van der Waals surface area contributed by atoms with Gasteiger partial charge in [0.25, 0.3) is 0 Å². The highest BCUT2D eigenvalue weighted by molar-refractivity contribution is 5.49. The maximum atomic E-state index is 14.2. The van der Waals surface area contributed by atoms with Crippen molar-refractivity contribution < 1.29 is 9.50 Å². The molecular formula is C17H27FN2O. The molecule has 1 saturated heterocycles. The molecule has 0 unspecified atom stereocenters. The van der Waals surface area contributed by atoms with Crippen LogP contribution < -0.4 is 10.2 Å². The van der Waals surface area contributed by atoms with Gasteiger partial charge >= 0.3 is 0 Å². The summed E-state index contributed by atoms with van der Waals surface area (Å²) in [6.45, 7) is 7.53. The van der Waals surface area contributed by atoms with Crippen LogP contribution in [0.5, 0.6) is 0 Å². The van der Waals surface area contributed by atoms with Crippen LogP contribution >= 0.6 is 0 Å². The average Bonchev–Trinajstić information content (AvgIpc) is 2.45. The molecule has 1 aromatic carbocycles. The Morgan fingerprint density at radius 3 is 2.67 bits per heavy atom. The van der Waals surface area contributed by atoms with Crippen molar-refractivity contribution in [1.29, 1.82) is 0 Å². The molecule has 118 valence electrons. The Morgan fingerprint density at radius 2 is 2.05 bits per heavy atom. The average molecular weight is 294 g/mol. The fourth-order valence-corrected chi connectivity index (χ4v) is 2.65. The van der Waals surface area contributed by atoms with Crippen molar-refractivity contribution in [3.05, 3.63) is 29.6 Å². The van der Waals surface area contributed by atoms with Gasteiger partial charge in [-0.1, -0.05) is 19.9 Å². The Morgan fingerprint density at radius 1 is 1.33 bits per heavy atom. The minimum absolute atomic E-state index is 0.158. The number of aliphatic hydroxyl groups is 1. The third-order valence-electron chi connectivity index (χ3n) is 4.04. The molecule has 21 heavy (non-hydrogen) atoms. The molecule has 0 aromatic heterocycles. The monoisotopic (exact) mass is 294 g/mol. The van der Waals surface area contributed by atoms with E-state index < -0.39 is 0 Å². The normalized spacial score (nSPS) is 16.7. The van der Waals surface area contributed by atoms with E-state index >= 15 is 0 Å². The smallest absolute Gasteiger partial charge is 0.146 e. The largest absolute Gasteiger partial charge is 0.393 e. The summed E-state index contributed by atoms with van der Waals surface area (Å²) in [5.74, 6) is 0.528. The van der Waals surface area contributed by atoms with Gasteiger partial charge in [0.1, 0.15) is 5.82 Å². The molecule has 2 N–H and O–H groups in total. The molecule has 1 aliphatic heterocycles. The number of rotatable bonds is 6. The Balaban J connectivity index is 1.88. The summed E-state index contributed by atoms with van der Waals surface area (Å²) in [7, 11) is 0. The van der Waals surface area contributed by atoms with E-state index in [0.717, 1.165) is 44.5 Å². The second-order valence-corrected chi connectivity index (χ2v) is 6.36. The van der Waals surface area contributed by atoms with Crippen LogP contribution in [0.15, 0.2) is 18.2 Å². The Kier molecular flexibility index (Phi) is 6.00. The summed E-state index contributed by atoms with van der Waals surface area (Å²) >= 11 is 0. The summed E-state index contributed by atoms with van der Waals surface area (Å²) in [6.07, 6.45) is 2.35. The second kappa shape index (κ2) is 7.76. The third kappa shape index (κ3) is 4.97. The van der Waals surface area contributed by atoms with Gasteiger partial charge in [-0.25, -0.2) is 4.39 Å². The molecule has 1 aliphatic rings. The van der Waals surface area contributed by atoms with Crippen molar-refractivity contribution in [2.24, 2.45) is 5.92 Å². The van der Waals surface area contributed by atoms with Crippen LogP contribution in [0.3, 0.4) is 0 Å². The molecule has 4 heteroatoms. The van der Waals surface area contributed by atoms with Gasteiger partial charge in [0, 0.05) is 19.6 Å². The zero-order chi connectivity index (χ0) is 15.2. The summed E-state index contributed by atoms with van der Waals surface area (Å²) in [4.78, 5) is 2.03. The SMILES string of the molecule is CC(C)CCNCc1ccc(N2CCC(O)CC2)c(F)c1. The molecule has 0 amide bonds. The van der Waals surface area contributed by atoms with Crippen LogP contribution in [0, 0.1) is 11.7 Å². The maximum absolute atomic E-state index is 14.2. The van der Waals surface area contributed by atoms with Crippen molar-refractivity contribution in [3.63, 3.8) is 0 Å². The Bertz CT molecular complexity index is 442. The van der Waals surface area contributed by atoms with Crippen molar-refractivity contribution in [1.82, 2.24) is 5.32 Å². The van der Waals surface area contributed by atoms with Crippen molar-refractivity contribution in [3.8, 4) is 0 Å². The van der Waals surface area contributed by atoms with Crippen LogP contribution in [0.2, 0.25) is 0 Å². The van der Waals surface area contributed by atoms with Crippen molar-refractivity contribution in [2.75, 3.05) is 24.5 Å². The predicted octanol–water partition coefficient (Wildman–Crippen LogP) is 2.92. The summed E-state index contributed by atoms with van der Waals surface area (Å²) in [5.41, 5.74) is 1.64. The number of nitrogens with one attached hydrogen (secondary N) is 1. The summed E-state index contributed by atoms with van der Waals surface area (Å²) in [5, 5.41) is 12.9. The quantitative estimate of drug-likeness (QED) is 0.792. The Labute approximate surface area is 127 Å². The lowest BCUT2D eigenvalue weighted by atomic mass is 10.1. The highest BCUT2D eigenvalue weighted by atomic mass is 19.1. The van der Waals surface area contributed by atoms with Gasteiger partial charge in [-0.3, -0.25) is 0 Å². The molecule has 2 rings (SSSR count). The zero-order valence-corrected chi connectivity index (χ0v) is 13.1. The van der Waals surface area contributed by atoms with Gasteiger partial charge in [0.05, 0.1) is 11.8 Å². The number of hydrogen-bond acceptors (Lipinski definition) is 3. The molecule has 1 aromatic rings. The maximum Gasteiger partial charge on any atom is 0.146 e. The van der Waals surface area contributed by atoms with Crippen LogP contribution in [0.1, 0.15) is 38.7 Å². The first-order chi connectivity index (χ1) is 10.1. The fraction of sp³-hybridized carbons (Fsp3) is 0.647. The molecule has 1 fully saturated rings. The topological polar surface area (TPSA) is 35.5 Å². The van der Waals surface area contributed by atoms with Crippen LogP contribution in [0.4, 0.5) is 10.1 Å². The number of aliphatic hydroxyl groups excluding tert-OH is 1. The van der Waals surface area contributed by atoms with Crippen LogP contribution in [0.25, 0.3) is 0 Å².